The highest BCUT2D eigenvalue weighted by Crippen LogP contribution is 2.22. The monoisotopic (exact) mass is 305 g/mol. The molecular formula is C14H15N3O3S. The number of carbonyl (C=O) groups is 1. The fourth-order valence-electron chi connectivity index (χ4n) is 1.87. The largest absolute Gasteiger partial charge is 0.493 e. The molecule has 0 unspecified atom stereocenters. The molecule has 110 valence electrons. The van der Waals surface area contributed by atoms with Gasteiger partial charge in [0.05, 0.1) is 17.0 Å². The average Bonchev–Trinajstić information content (AvgIpc) is 2.46. The SMILES string of the molecule is CCc1c(O)nc(SCC(N)=O)n(-c2ccccc2)c1=O. The second kappa shape index (κ2) is 6.45. The number of amides is 1. The third-order valence-electron chi connectivity index (χ3n) is 2.84. The molecule has 7 heteroatoms. The van der Waals surface area contributed by atoms with Gasteiger partial charge in [-0.2, -0.15) is 4.98 Å². The van der Waals surface area contributed by atoms with Crippen molar-refractivity contribution in [2.45, 2.75) is 18.5 Å². The first-order valence-corrected chi connectivity index (χ1v) is 7.34. The van der Waals surface area contributed by atoms with Crippen LogP contribution < -0.4 is 11.3 Å². The Balaban J connectivity index is 2.63. The number of hydrogen-bond donors (Lipinski definition) is 2. The zero-order valence-corrected chi connectivity index (χ0v) is 12.3. The minimum absolute atomic E-state index is 0.0236. The molecule has 1 aromatic carbocycles. The zero-order valence-electron chi connectivity index (χ0n) is 11.4. The van der Waals surface area contributed by atoms with Crippen LogP contribution in [0.3, 0.4) is 0 Å². The molecule has 21 heavy (non-hydrogen) atoms. The minimum Gasteiger partial charge on any atom is -0.493 e. The van der Waals surface area contributed by atoms with Crippen LogP contribution in [0.1, 0.15) is 12.5 Å². The van der Waals surface area contributed by atoms with E-state index in [1.165, 1.54) is 4.57 Å². The standard InChI is InChI=1S/C14H15N3O3S/c1-2-10-12(19)16-14(21-8-11(15)18)17(13(10)20)9-6-4-3-5-7-9/h3-7,19H,2,8H2,1H3,(H2,15,18). The Morgan fingerprint density at radius 3 is 2.62 bits per heavy atom. The van der Waals surface area contributed by atoms with E-state index in [9.17, 15) is 14.7 Å². The van der Waals surface area contributed by atoms with Crippen molar-refractivity contribution in [3.63, 3.8) is 0 Å². The Labute approximate surface area is 125 Å². The number of carbonyl (C=O) groups excluding carboxylic acids is 1. The summed E-state index contributed by atoms with van der Waals surface area (Å²) in [7, 11) is 0. The molecule has 0 fully saturated rings. The first-order chi connectivity index (χ1) is 10.0. The van der Waals surface area contributed by atoms with E-state index in [0.29, 0.717) is 12.1 Å². The Bertz CT molecular complexity index is 713. The van der Waals surface area contributed by atoms with Gasteiger partial charge in [0.15, 0.2) is 5.16 Å². The summed E-state index contributed by atoms with van der Waals surface area (Å²) in [5.74, 6) is -0.848. The summed E-state index contributed by atoms with van der Waals surface area (Å²) < 4.78 is 1.38. The molecule has 0 spiro atoms. The summed E-state index contributed by atoms with van der Waals surface area (Å²) in [5.41, 5.74) is 5.64. The van der Waals surface area contributed by atoms with Crippen LogP contribution in [-0.4, -0.2) is 26.3 Å². The number of rotatable bonds is 5. The molecule has 0 saturated carbocycles. The van der Waals surface area contributed by atoms with Crippen LogP contribution in [0.2, 0.25) is 0 Å². The number of nitrogens with two attached hydrogens (primary N) is 1. The van der Waals surface area contributed by atoms with Gasteiger partial charge in [-0.25, -0.2) is 0 Å². The van der Waals surface area contributed by atoms with Crippen LogP contribution in [0.15, 0.2) is 40.3 Å². The van der Waals surface area contributed by atoms with Gasteiger partial charge in [-0.15, -0.1) is 0 Å². The lowest BCUT2D eigenvalue weighted by Gasteiger charge is -2.13. The van der Waals surface area contributed by atoms with E-state index in [1.54, 1.807) is 31.2 Å². The van der Waals surface area contributed by atoms with Gasteiger partial charge >= 0.3 is 0 Å². The van der Waals surface area contributed by atoms with Crippen LogP contribution in [0, 0.1) is 0 Å². The molecule has 0 radical (unpaired) electrons. The van der Waals surface area contributed by atoms with Crippen LogP contribution >= 0.6 is 11.8 Å². The lowest BCUT2D eigenvalue weighted by Crippen LogP contribution is -2.25. The third-order valence-corrected chi connectivity index (χ3v) is 3.80. The smallest absolute Gasteiger partial charge is 0.265 e. The number of aromatic nitrogens is 2. The second-order valence-corrected chi connectivity index (χ2v) is 5.22. The number of aromatic hydroxyl groups is 1. The topological polar surface area (TPSA) is 98.2 Å². The molecule has 0 aliphatic carbocycles. The van der Waals surface area contributed by atoms with Crippen LogP contribution in [0.5, 0.6) is 5.88 Å². The predicted octanol–water partition coefficient (Wildman–Crippen LogP) is 1.08. The van der Waals surface area contributed by atoms with E-state index in [2.05, 4.69) is 4.98 Å². The Kier molecular flexibility index (Phi) is 4.64. The predicted molar refractivity (Wildman–Crippen MR) is 80.8 cm³/mol. The summed E-state index contributed by atoms with van der Waals surface area (Å²) in [6, 6.07) is 8.94. The molecule has 2 rings (SSSR count). The van der Waals surface area contributed by atoms with Gasteiger partial charge in [0.1, 0.15) is 0 Å². The van der Waals surface area contributed by atoms with Gasteiger partial charge in [0.25, 0.3) is 5.56 Å². The summed E-state index contributed by atoms with van der Waals surface area (Å²) in [6.45, 7) is 1.77. The van der Waals surface area contributed by atoms with Crippen LogP contribution in [0.4, 0.5) is 0 Å². The van der Waals surface area contributed by atoms with E-state index in [4.69, 9.17) is 5.73 Å². The van der Waals surface area contributed by atoms with Crippen molar-refractivity contribution in [1.29, 1.82) is 0 Å². The molecule has 2 aromatic rings. The van der Waals surface area contributed by atoms with Gasteiger partial charge in [-0.1, -0.05) is 36.9 Å². The number of primary amides is 1. The van der Waals surface area contributed by atoms with E-state index >= 15 is 0 Å². The second-order valence-electron chi connectivity index (χ2n) is 4.28. The van der Waals surface area contributed by atoms with E-state index < -0.39 is 5.91 Å². The average molecular weight is 305 g/mol. The fourth-order valence-corrected chi connectivity index (χ4v) is 2.61. The highest BCUT2D eigenvalue weighted by molar-refractivity contribution is 7.99. The van der Waals surface area contributed by atoms with E-state index in [0.717, 1.165) is 11.8 Å². The van der Waals surface area contributed by atoms with Gasteiger partial charge < -0.3 is 10.8 Å². The lowest BCUT2D eigenvalue weighted by atomic mass is 10.2. The maximum absolute atomic E-state index is 12.5. The zero-order chi connectivity index (χ0) is 15.4. The van der Waals surface area contributed by atoms with Crippen molar-refractivity contribution in [1.82, 2.24) is 9.55 Å². The van der Waals surface area contributed by atoms with Crippen molar-refractivity contribution in [2.24, 2.45) is 5.73 Å². The van der Waals surface area contributed by atoms with E-state index in [1.807, 2.05) is 6.07 Å². The highest BCUT2D eigenvalue weighted by atomic mass is 32.2. The van der Waals surface area contributed by atoms with Crippen LogP contribution in [0.25, 0.3) is 5.69 Å². The summed E-state index contributed by atoms with van der Waals surface area (Å²) in [6.07, 6.45) is 0.366. The van der Waals surface area contributed by atoms with Gasteiger partial charge in [0, 0.05) is 0 Å². The fraction of sp³-hybridized carbons (Fsp3) is 0.214. The van der Waals surface area contributed by atoms with Crippen molar-refractivity contribution in [3.05, 3.63) is 46.2 Å². The molecule has 1 amide bonds. The summed E-state index contributed by atoms with van der Waals surface area (Å²) in [4.78, 5) is 27.5. The highest BCUT2D eigenvalue weighted by Gasteiger charge is 2.17. The maximum atomic E-state index is 12.5. The Morgan fingerprint density at radius 2 is 2.05 bits per heavy atom. The minimum atomic E-state index is -0.520. The molecule has 0 aliphatic rings. The van der Waals surface area contributed by atoms with E-state index in [-0.39, 0.29) is 27.9 Å². The van der Waals surface area contributed by atoms with Crippen molar-refractivity contribution in [2.75, 3.05) is 5.75 Å². The van der Waals surface area contributed by atoms with Crippen molar-refractivity contribution in [3.8, 4) is 11.6 Å². The quantitative estimate of drug-likeness (QED) is 0.636. The van der Waals surface area contributed by atoms with Crippen molar-refractivity contribution >= 4 is 17.7 Å². The van der Waals surface area contributed by atoms with Crippen molar-refractivity contribution < 1.29 is 9.90 Å². The molecule has 1 aromatic heterocycles. The number of para-hydroxylation sites is 1. The van der Waals surface area contributed by atoms with Gasteiger partial charge in [0.2, 0.25) is 11.8 Å². The van der Waals surface area contributed by atoms with Gasteiger partial charge in [-0.3, -0.25) is 14.2 Å². The lowest BCUT2D eigenvalue weighted by molar-refractivity contribution is -0.115. The number of nitrogens with zero attached hydrogens (tertiary/aromatic N) is 2. The Hall–Kier alpha value is -2.28. The molecule has 0 aliphatic heterocycles. The molecule has 0 saturated heterocycles. The molecule has 1 heterocycles. The molecule has 6 nitrogen and oxygen atoms in total. The summed E-state index contributed by atoms with van der Waals surface area (Å²) in [5, 5.41) is 10.1. The molecule has 0 bridgehead atoms. The number of thioether (sulfide) groups is 1. The van der Waals surface area contributed by atoms with Gasteiger partial charge in [-0.05, 0) is 18.6 Å². The first kappa shape index (κ1) is 15.1. The molecule has 0 atom stereocenters. The van der Waals surface area contributed by atoms with Crippen LogP contribution in [-0.2, 0) is 11.2 Å². The normalized spacial score (nSPS) is 10.5. The third kappa shape index (κ3) is 3.25. The number of benzene rings is 1. The maximum Gasteiger partial charge on any atom is 0.265 e. The molecular weight excluding hydrogens is 290 g/mol. The number of hydrogen-bond acceptors (Lipinski definition) is 5. The summed E-state index contributed by atoms with van der Waals surface area (Å²) >= 11 is 1.01. The Morgan fingerprint density at radius 1 is 1.38 bits per heavy atom. The first-order valence-electron chi connectivity index (χ1n) is 6.36. The molecule has 3 N–H and O–H groups in total.